The van der Waals surface area contributed by atoms with Crippen molar-refractivity contribution >= 4 is 33.2 Å². The molecule has 2 aromatic carbocycles. The number of anilines is 1. The van der Waals surface area contributed by atoms with E-state index in [1.54, 1.807) is 18.2 Å². The van der Waals surface area contributed by atoms with E-state index in [-0.39, 0.29) is 30.0 Å². The van der Waals surface area contributed by atoms with Crippen LogP contribution >= 0.6 is 0 Å². The van der Waals surface area contributed by atoms with Gasteiger partial charge in [-0.25, -0.2) is 12.8 Å². The molecule has 1 N–H and O–H groups in total. The minimum Gasteiger partial charge on any atom is -0.324 e. The quantitative estimate of drug-likeness (QED) is 0.574. The molecule has 0 aromatic heterocycles. The Morgan fingerprint density at radius 1 is 1.07 bits per heavy atom. The molecule has 1 heterocycles. The molecule has 0 atom stereocenters. The molecular formula is C20H19FN2O5S. The van der Waals surface area contributed by atoms with Crippen LogP contribution in [0.3, 0.4) is 0 Å². The van der Waals surface area contributed by atoms with Crippen molar-refractivity contribution < 1.29 is 27.2 Å². The van der Waals surface area contributed by atoms with Gasteiger partial charge in [-0.1, -0.05) is 11.6 Å². The number of halogens is 1. The number of carbonyl (C=O) groups is 3. The molecule has 2 aromatic rings. The number of aryl methyl sites for hydroxylation is 1. The lowest BCUT2D eigenvalue weighted by Crippen LogP contribution is -2.31. The number of hydrogen-bond donors (Lipinski definition) is 1. The molecule has 0 unspecified atom stereocenters. The summed E-state index contributed by atoms with van der Waals surface area (Å²) < 4.78 is 37.0. The Balaban J connectivity index is 1.60. The second-order valence-electron chi connectivity index (χ2n) is 6.88. The maximum absolute atomic E-state index is 13.9. The molecule has 0 fully saturated rings. The average Bonchev–Trinajstić information content (AvgIpc) is 2.87. The van der Waals surface area contributed by atoms with Gasteiger partial charge in [-0.2, -0.15) is 0 Å². The maximum Gasteiger partial charge on any atom is 0.261 e. The number of amides is 3. The van der Waals surface area contributed by atoms with Crippen molar-refractivity contribution in [1.82, 2.24) is 4.90 Å². The Labute approximate surface area is 167 Å². The highest BCUT2D eigenvalue weighted by Crippen LogP contribution is 2.24. The summed E-state index contributed by atoms with van der Waals surface area (Å²) in [5.74, 6) is -2.12. The first-order valence-electron chi connectivity index (χ1n) is 8.84. The van der Waals surface area contributed by atoms with Crippen LogP contribution in [0.15, 0.2) is 41.3 Å². The van der Waals surface area contributed by atoms with E-state index in [4.69, 9.17) is 0 Å². The van der Waals surface area contributed by atoms with Crippen molar-refractivity contribution in [3.63, 3.8) is 0 Å². The van der Waals surface area contributed by atoms with Gasteiger partial charge in [0.2, 0.25) is 5.91 Å². The topological polar surface area (TPSA) is 101 Å². The smallest absolute Gasteiger partial charge is 0.261 e. The Morgan fingerprint density at radius 3 is 2.45 bits per heavy atom. The molecule has 0 radical (unpaired) electrons. The third-order valence-corrected chi connectivity index (χ3v) is 5.66. The summed E-state index contributed by atoms with van der Waals surface area (Å²) in [6.45, 7) is 1.87. The number of fused-ring (bicyclic) bond motifs is 1. The number of imide groups is 1. The van der Waals surface area contributed by atoms with Crippen molar-refractivity contribution in [1.29, 1.82) is 0 Å². The van der Waals surface area contributed by atoms with Gasteiger partial charge in [-0.3, -0.25) is 19.3 Å². The zero-order chi connectivity index (χ0) is 21.3. The molecule has 9 heteroatoms. The van der Waals surface area contributed by atoms with Crippen LogP contribution < -0.4 is 5.32 Å². The number of benzene rings is 2. The monoisotopic (exact) mass is 418 g/mol. The SMILES string of the molecule is Cc1ccc2c(c1)C(=O)N(CCCC(=O)Nc1cc(S(C)(=O)=O)ccc1F)C2=O. The minimum absolute atomic E-state index is 0.0463. The van der Waals surface area contributed by atoms with Crippen LogP contribution in [0.1, 0.15) is 39.1 Å². The van der Waals surface area contributed by atoms with Crippen molar-refractivity contribution in [3.8, 4) is 0 Å². The summed E-state index contributed by atoms with van der Waals surface area (Å²) in [7, 11) is -3.55. The molecule has 3 amide bonds. The van der Waals surface area contributed by atoms with Gasteiger partial charge in [0.1, 0.15) is 5.82 Å². The number of rotatable bonds is 6. The second-order valence-corrected chi connectivity index (χ2v) is 8.89. The Bertz CT molecular complexity index is 1130. The van der Waals surface area contributed by atoms with Crippen LogP contribution in [0.4, 0.5) is 10.1 Å². The van der Waals surface area contributed by atoms with Crippen molar-refractivity contribution in [2.75, 3.05) is 18.1 Å². The molecule has 0 saturated heterocycles. The zero-order valence-corrected chi connectivity index (χ0v) is 16.7. The van der Waals surface area contributed by atoms with Gasteiger partial charge < -0.3 is 5.32 Å². The molecule has 1 aliphatic rings. The largest absolute Gasteiger partial charge is 0.324 e. The lowest BCUT2D eigenvalue weighted by atomic mass is 10.1. The second kappa shape index (κ2) is 7.75. The number of nitrogens with one attached hydrogen (secondary N) is 1. The number of carbonyl (C=O) groups excluding carboxylic acids is 3. The average molecular weight is 418 g/mol. The number of nitrogens with zero attached hydrogens (tertiary/aromatic N) is 1. The van der Waals surface area contributed by atoms with Gasteiger partial charge in [0.05, 0.1) is 21.7 Å². The van der Waals surface area contributed by atoms with Crippen molar-refractivity contribution in [2.45, 2.75) is 24.7 Å². The Kier molecular flexibility index (Phi) is 5.52. The van der Waals surface area contributed by atoms with Gasteiger partial charge in [0, 0.05) is 19.2 Å². The van der Waals surface area contributed by atoms with Gasteiger partial charge in [0.25, 0.3) is 11.8 Å². The lowest BCUT2D eigenvalue weighted by Gasteiger charge is -2.13. The predicted octanol–water partition coefficient (Wildman–Crippen LogP) is 2.55. The van der Waals surface area contributed by atoms with Crippen LogP contribution in [0, 0.1) is 12.7 Å². The molecule has 0 spiro atoms. The highest BCUT2D eigenvalue weighted by Gasteiger charge is 2.34. The normalized spacial score (nSPS) is 13.6. The van der Waals surface area contributed by atoms with E-state index in [2.05, 4.69) is 5.32 Å². The molecule has 3 rings (SSSR count). The van der Waals surface area contributed by atoms with Crippen LogP contribution in [-0.4, -0.2) is 43.8 Å². The van der Waals surface area contributed by atoms with E-state index in [1.165, 1.54) is 0 Å². The van der Waals surface area contributed by atoms with Crippen LogP contribution in [0.5, 0.6) is 0 Å². The van der Waals surface area contributed by atoms with Gasteiger partial charge in [0.15, 0.2) is 9.84 Å². The minimum atomic E-state index is -3.55. The fourth-order valence-electron chi connectivity index (χ4n) is 3.05. The standard InChI is InChI=1S/C20H19FN2O5S/c1-12-5-7-14-15(10-12)20(26)23(19(14)25)9-3-4-18(24)22-17-11-13(29(2,27)28)6-8-16(17)21/h5-8,10-11H,3-4,9H2,1-2H3,(H,22,24). The fourth-order valence-corrected chi connectivity index (χ4v) is 3.70. The van der Waals surface area contributed by atoms with E-state index in [0.717, 1.165) is 34.9 Å². The first kappa shape index (κ1) is 20.7. The van der Waals surface area contributed by atoms with E-state index >= 15 is 0 Å². The summed E-state index contributed by atoms with van der Waals surface area (Å²) in [6.07, 6.45) is 1.09. The Hall–Kier alpha value is -3.07. The molecule has 1 aliphatic heterocycles. The summed E-state index contributed by atoms with van der Waals surface area (Å²) >= 11 is 0. The van der Waals surface area contributed by atoms with Gasteiger partial charge in [-0.05, 0) is 43.7 Å². The van der Waals surface area contributed by atoms with E-state index in [9.17, 15) is 27.2 Å². The molecule has 0 bridgehead atoms. The molecule has 0 aliphatic carbocycles. The van der Waals surface area contributed by atoms with Crippen LogP contribution in [0.25, 0.3) is 0 Å². The summed E-state index contributed by atoms with van der Waals surface area (Å²) in [5, 5.41) is 2.33. The summed E-state index contributed by atoms with van der Waals surface area (Å²) in [5.41, 5.74) is 1.31. The maximum atomic E-state index is 13.9. The Morgan fingerprint density at radius 2 is 1.76 bits per heavy atom. The van der Waals surface area contributed by atoms with E-state index < -0.39 is 33.4 Å². The van der Waals surface area contributed by atoms with Crippen LogP contribution in [-0.2, 0) is 14.6 Å². The van der Waals surface area contributed by atoms with E-state index in [1.807, 2.05) is 6.92 Å². The molecule has 152 valence electrons. The highest BCUT2D eigenvalue weighted by molar-refractivity contribution is 7.90. The van der Waals surface area contributed by atoms with E-state index in [0.29, 0.717) is 11.1 Å². The summed E-state index contributed by atoms with van der Waals surface area (Å²) in [4.78, 5) is 37.8. The fraction of sp³-hybridized carbons (Fsp3) is 0.250. The van der Waals surface area contributed by atoms with Crippen LogP contribution in [0.2, 0.25) is 0 Å². The van der Waals surface area contributed by atoms with Gasteiger partial charge in [-0.15, -0.1) is 0 Å². The first-order valence-corrected chi connectivity index (χ1v) is 10.7. The van der Waals surface area contributed by atoms with Gasteiger partial charge >= 0.3 is 0 Å². The lowest BCUT2D eigenvalue weighted by molar-refractivity contribution is -0.116. The third kappa shape index (κ3) is 4.34. The zero-order valence-electron chi connectivity index (χ0n) is 15.9. The number of hydrogen-bond acceptors (Lipinski definition) is 5. The molecule has 0 saturated carbocycles. The molecule has 29 heavy (non-hydrogen) atoms. The molecular weight excluding hydrogens is 399 g/mol. The first-order chi connectivity index (χ1) is 13.6. The number of sulfone groups is 1. The molecule has 7 nitrogen and oxygen atoms in total. The predicted molar refractivity (Wildman–Crippen MR) is 104 cm³/mol. The van der Waals surface area contributed by atoms with Crippen molar-refractivity contribution in [2.24, 2.45) is 0 Å². The van der Waals surface area contributed by atoms with Crippen molar-refractivity contribution in [3.05, 3.63) is 58.9 Å². The highest BCUT2D eigenvalue weighted by atomic mass is 32.2. The third-order valence-electron chi connectivity index (χ3n) is 4.55. The summed E-state index contributed by atoms with van der Waals surface area (Å²) in [6, 6.07) is 8.14.